The quantitative estimate of drug-likeness (QED) is 0.771. The van der Waals surface area contributed by atoms with Crippen LogP contribution in [0.2, 0.25) is 0 Å². The van der Waals surface area contributed by atoms with Gasteiger partial charge in [0.2, 0.25) is 0 Å². The highest BCUT2D eigenvalue weighted by Crippen LogP contribution is 2.18. The summed E-state index contributed by atoms with van der Waals surface area (Å²) in [7, 11) is -1.81. The Hall–Kier alpha value is -2.16. The molecule has 0 spiro atoms. The van der Waals surface area contributed by atoms with Crippen LogP contribution in [-0.2, 0) is 19.4 Å². The van der Waals surface area contributed by atoms with Gasteiger partial charge < -0.3 is 14.8 Å². The Morgan fingerprint density at radius 3 is 2.70 bits per heavy atom. The van der Waals surface area contributed by atoms with E-state index in [0.29, 0.717) is 6.42 Å². The molecule has 1 fully saturated rings. The topological polar surface area (TPSA) is 98.8 Å². The van der Waals surface area contributed by atoms with Crippen molar-refractivity contribution >= 4 is 21.7 Å². The number of benzene rings is 1. The van der Waals surface area contributed by atoms with Crippen LogP contribution in [0.15, 0.2) is 18.2 Å². The van der Waals surface area contributed by atoms with Gasteiger partial charge in [0.05, 0.1) is 24.2 Å². The first-order valence-corrected chi connectivity index (χ1v) is 8.63. The summed E-state index contributed by atoms with van der Waals surface area (Å²) in [5.41, 5.74) is -0.0560. The Morgan fingerprint density at radius 1 is 1.39 bits per heavy atom. The van der Waals surface area contributed by atoms with Gasteiger partial charge in [0.1, 0.15) is 0 Å². The fraction of sp³-hybridized carbons (Fsp3) is 0.429. The monoisotopic (exact) mass is 345 g/mol. The molecule has 1 aliphatic rings. The van der Waals surface area contributed by atoms with E-state index in [-0.39, 0.29) is 22.8 Å². The van der Waals surface area contributed by atoms with Crippen molar-refractivity contribution in [1.82, 2.24) is 5.32 Å². The van der Waals surface area contributed by atoms with Crippen molar-refractivity contribution in [3.05, 3.63) is 29.6 Å². The summed E-state index contributed by atoms with van der Waals surface area (Å²) >= 11 is 0. The van der Waals surface area contributed by atoms with Gasteiger partial charge in [-0.1, -0.05) is 0 Å². The number of esters is 1. The van der Waals surface area contributed by atoms with Gasteiger partial charge in [-0.25, -0.2) is 17.6 Å². The van der Waals surface area contributed by atoms with Gasteiger partial charge in [-0.15, -0.1) is 0 Å². The van der Waals surface area contributed by atoms with E-state index in [1.54, 1.807) is 0 Å². The van der Waals surface area contributed by atoms with E-state index >= 15 is 0 Å². The summed E-state index contributed by atoms with van der Waals surface area (Å²) < 4.78 is 45.5. The summed E-state index contributed by atoms with van der Waals surface area (Å²) in [6.45, 7) is -0.566. The Morgan fingerprint density at radius 2 is 2.13 bits per heavy atom. The van der Waals surface area contributed by atoms with Crippen LogP contribution in [0.1, 0.15) is 16.8 Å². The van der Waals surface area contributed by atoms with E-state index in [1.165, 1.54) is 19.2 Å². The number of carbonyl (C=O) groups excluding carboxylic acids is 2. The van der Waals surface area contributed by atoms with Gasteiger partial charge in [0.25, 0.3) is 5.91 Å². The number of sulfone groups is 1. The number of hydrogen-bond acceptors (Lipinski definition) is 6. The molecule has 126 valence electrons. The smallest absolute Gasteiger partial charge is 0.338 e. The lowest BCUT2D eigenvalue weighted by Crippen LogP contribution is -2.38. The van der Waals surface area contributed by atoms with Crippen molar-refractivity contribution in [2.75, 3.05) is 25.2 Å². The second-order valence-corrected chi connectivity index (χ2v) is 7.32. The molecule has 0 bridgehead atoms. The van der Waals surface area contributed by atoms with Crippen molar-refractivity contribution < 1.29 is 31.9 Å². The van der Waals surface area contributed by atoms with Crippen molar-refractivity contribution in [2.24, 2.45) is 0 Å². The van der Waals surface area contributed by atoms with Crippen molar-refractivity contribution in [1.29, 1.82) is 0 Å². The molecule has 0 aromatic heterocycles. The molecule has 1 aromatic carbocycles. The molecule has 1 aromatic rings. The predicted molar refractivity (Wildman–Crippen MR) is 78.4 cm³/mol. The molecule has 2 rings (SSSR count). The molecule has 0 radical (unpaired) electrons. The molecule has 0 saturated carbocycles. The highest BCUT2D eigenvalue weighted by Gasteiger charge is 2.29. The van der Waals surface area contributed by atoms with Crippen molar-refractivity contribution in [3.63, 3.8) is 0 Å². The lowest BCUT2D eigenvalue weighted by molar-refractivity contribution is -0.124. The number of methoxy groups -OCH3 is 1. The first-order chi connectivity index (χ1) is 10.8. The SMILES string of the molecule is COc1ccc(C(=O)OCC(=O)N[C@H]2CCS(=O)(=O)C2)cc1F. The average Bonchev–Trinajstić information content (AvgIpc) is 2.83. The van der Waals surface area contributed by atoms with E-state index in [2.05, 4.69) is 5.32 Å². The van der Waals surface area contributed by atoms with Gasteiger partial charge >= 0.3 is 5.97 Å². The maximum Gasteiger partial charge on any atom is 0.338 e. The fourth-order valence-corrected chi connectivity index (χ4v) is 3.86. The lowest BCUT2D eigenvalue weighted by Gasteiger charge is -2.11. The second-order valence-electron chi connectivity index (χ2n) is 5.09. The molecule has 9 heteroatoms. The first-order valence-electron chi connectivity index (χ1n) is 6.81. The molecule has 7 nitrogen and oxygen atoms in total. The van der Waals surface area contributed by atoms with Crippen molar-refractivity contribution in [2.45, 2.75) is 12.5 Å². The van der Waals surface area contributed by atoms with E-state index < -0.39 is 40.2 Å². The highest BCUT2D eigenvalue weighted by atomic mass is 32.2. The third-order valence-corrected chi connectivity index (χ3v) is 5.09. The molecule has 1 heterocycles. The van der Waals surface area contributed by atoms with Gasteiger partial charge in [-0.2, -0.15) is 0 Å². The number of amides is 1. The molecule has 1 aliphatic heterocycles. The van der Waals surface area contributed by atoms with Crippen LogP contribution >= 0.6 is 0 Å². The first kappa shape index (κ1) is 17.2. The number of ether oxygens (including phenoxy) is 2. The molecular formula is C14H16FNO6S. The van der Waals surface area contributed by atoms with Gasteiger partial charge in [-0.05, 0) is 24.6 Å². The van der Waals surface area contributed by atoms with Crippen molar-refractivity contribution in [3.8, 4) is 5.75 Å². The van der Waals surface area contributed by atoms with Gasteiger partial charge in [-0.3, -0.25) is 4.79 Å². The van der Waals surface area contributed by atoms with E-state index in [0.717, 1.165) is 6.07 Å². The summed E-state index contributed by atoms with van der Waals surface area (Å²) in [4.78, 5) is 23.4. The number of hydrogen-bond donors (Lipinski definition) is 1. The largest absolute Gasteiger partial charge is 0.494 e. The van der Waals surface area contributed by atoms with Crippen LogP contribution in [0.25, 0.3) is 0 Å². The van der Waals surface area contributed by atoms with Crippen LogP contribution < -0.4 is 10.1 Å². The van der Waals surface area contributed by atoms with Gasteiger partial charge in [0, 0.05) is 6.04 Å². The molecule has 0 unspecified atom stereocenters. The minimum Gasteiger partial charge on any atom is -0.494 e. The third kappa shape index (κ3) is 4.65. The lowest BCUT2D eigenvalue weighted by atomic mass is 10.2. The Kier molecular flexibility index (Phi) is 5.19. The zero-order chi connectivity index (χ0) is 17.0. The third-order valence-electron chi connectivity index (χ3n) is 3.32. The molecule has 0 aliphatic carbocycles. The Labute approximate surface area is 132 Å². The maximum absolute atomic E-state index is 13.5. The molecule has 1 atom stereocenters. The molecule has 1 saturated heterocycles. The predicted octanol–water partition coefficient (Wildman–Crippen LogP) is 0.294. The zero-order valence-electron chi connectivity index (χ0n) is 12.4. The van der Waals surface area contributed by atoms with E-state index in [4.69, 9.17) is 9.47 Å². The normalized spacial score (nSPS) is 19.1. The van der Waals surface area contributed by atoms with E-state index in [1.807, 2.05) is 0 Å². The van der Waals surface area contributed by atoms with Crippen LogP contribution in [0, 0.1) is 5.82 Å². The summed E-state index contributed by atoms with van der Waals surface area (Å²) in [6.07, 6.45) is 0.339. The number of nitrogens with one attached hydrogen (secondary N) is 1. The maximum atomic E-state index is 13.5. The average molecular weight is 345 g/mol. The number of rotatable bonds is 5. The zero-order valence-corrected chi connectivity index (χ0v) is 13.2. The van der Waals surface area contributed by atoms with E-state index in [9.17, 15) is 22.4 Å². The summed E-state index contributed by atoms with van der Waals surface area (Å²) in [5.74, 6) is -2.28. The van der Waals surface area contributed by atoms with Crippen LogP contribution in [0.5, 0.6) is 5.75 Å². The van der Waals surface area contributed by atoms with Crippen LogP contribution in [0.3, 0.4) is 0 Å². The number of halogens is 1. The number of carbonyl (C=O) groups is 2. The molecule has 23 heavy (non-hydrogen) atoms. The molecular weight excluding hydrogens is 329 g/mol. The summed E-state index contributed by atoms with van der Waals surface area (Å²) in [5, 5.41) is 2.48. The standard InChI is InChI=1S/C14H16FNO6S/c1-21-12-3-2-9(6-11(12)15)14(18)22-7-13(17)16-10-4-5-23(19,20)8-10/h2-3,6,10H,4-5,7-8H2,1H3,(H,16,17)/t10-/m0/s1. The second kappa shape index (κ2) is 6.95. The molecule has 1 amide bonds. The van der Waals surface area contributed by atoms with Crippen LogP contribution in [0.4, 0.5) is 4.39 Å². The van der Waals surface area contributed by atoms with Gasteiger partial charge in [0.15, 0.2) is 28.0 Å². The molecule has 1 N–H and O–H groups in total. The highest BCUT2D eigenvalue weighted by molar-refractivity contribution is 7.91. The van der Waals surface area contributed by atoms with Crippen LogP contribution in [-0.4, -0.2) is 51.6 Å². The fourth-order valence-electron chi connectivity index (χ4n) is 2.19. The minimum atomic E-state index is -3.10. The Balaban J connectivity index is 1.84. The Bertz CT molecular complexity index is 718. The summed E-state index contributed by atoms with van der Waals surface area (Å²) in [6, 6.07) is 3.06. The minimum absolute atomic E-state index is 0.0123.